The zero-order valence-electron chi connectivity index (χ0n) is 22.6. The van der Waals surface area contributed by atoms with E-state index in [1.807, 2.05) is 6.92 Å². The number of phosphoric ester groups is 2. The van der Waals surface area contributed by atoms with E-state index in [0.717, 1.165) is 19.2 Å². The summed E-state index contributed by atoms with van der Waals surface area (Å²) >= 11 is 0. The number of nitrogens with two attached hydrogens (primary N) is 1. The molecule has 4 rings (SSSR count). The number of imidazole rings is 1. The second-order valence-electron chi connectivity index (χ2n) is 9.71. The lowest BCUT2D eigenvalue weighted by Gasteiger charge is -2.21. The highest BCUT2D eigenvalue weighted by Crippen LogP contribution is 2.60. The normalized spacial score (nSPS) is 32.1. The van der Waals surface area contributed by atoms with E-state index in [4.69, 9.17) is 19.9 Å². The molecule has 22 heteroatoms. The molecule has 4 heterocycles. The lowest BCUT2D eigenvalue weighted by molar-refractivity contribution is -0.173. The van der Waals surface area contributed by atoms with E-state index in [9.17, 15) is 44.1 Å². The summed E-state index contributed by atoms with van der Waals surface area (Å²) in [5.41, 5.74) is 6.11. The first-order chi connectivity index (χ1) is 20.2. The van der Waals surface area contributed by atoms with Gasteiger partial charge in [-0.15, -0.1) is 0 Å². The number of hydrogen-bond acceptors (Lipinski definition) is 17. The molecule has 0 aromatic carbocycles. The number of hydrogen-bond donors (Lipinski definition) is 7. The maximum atomic E-state index is 12.4. The second kappa shape index (κ2) is 13.9. The fourth-order valence-corrected chi connectivity index (χ4v) is 6.47. The molecule has 2 fully saturated rings. The number of nitrogens with zero attached hydrogens (tertiary/aromatic N) is 4. The van der Waals surface area contributed by atoms with E-state index in [1.54, 1.807) is 0 Å². The largest absolute Gasteiger partial charge is 0.481 e. The molecule has 3 unspecified atom stereocenters. The lowest BCUT2D eigenvalue weighted by Crippen LogP contribution is -2.38. The third-order valence-corrected chi connectivity index (χ3v) is 9.18. The fraction of sp³-hybridized carbons (Fsp3) is 0.714. The van der Waals surface area contributed by atoms with Crippen molar-refractivity contribution < 1.29 is 71.7 Å². The minimum atomic E-state index is -5.36. The molecule has 0 amide bonds. The molecule has 2 aliphatic rings. The average molecular weight is 657 g/mol. The zero-order valence-corrected chi connectivity index (χ0v) is 24.4. The molecule has 10 atom stereocenters. The number of carbonyl (C=O) groups excluding carboxylic acids is 1. The van der Waals surface area contributed by atoms with Crippen molar-refractivity contribution in [2.45, 2.75) is 81.7 Å². The van der Waals surface area contributed by atoms with Crippen LogP contribution in [0.15, 0.2) is 12.7 Å². The Morgan fingerprint density at radius 2 is 1.63 bits per heavy atom. The number of unbranched alkanes of at least 4 members (excludes halogenated alkanes) is 2. The quantitative estimate of drug-likeness (QED) is 0.0716. The van der Waals surface area contributed by atoms with Gasteiger partial charge in [0.05, 0.1) is 19.5 Å². The first-order valence-corrected chi connectivity index (χ1v) is 16.0. The molecule has 43 heavy (non-hydrogen) atoms. The summed E-state index contributed by atoms with van der Waals surface area (Å²) in [5.74, 6) is -0.639. The van der Waals surface area contributed by atoms with Gasteiger partial charge in [-0.2, -0.15) is 4.31 Å². The molecule has 2 saturated heterocycles. The smallest absolute Gasteiger partial charge is 0.454 e. The highest BCUT2D eigenvalue weighted by molar-refractivity contribution is 7.61. The summed E-state index contributed by atoms with van der Waals surface area (Å²) in [5, 5.41) is 41.2. The van der Waals surface area contributed by atoms with E-state index in [0.29, 0.717) is 6.42 Å². The molecule has 0 spiro atoms. The van der Waals surface area contributed by atoms with Crippen LogP contribution >= 0.6 is 15.6 Å². The SMILES string of the molecule is CCCCCC(=O)O[C@H]1C(O)O[C@H](COP(=O)(O)OP(=O)(O)OC[C@H]2O[C@@H](n3cnc4c(N)ncnc43)[C@H](O)[C@@H]2O)[C@H]1O. The molecule has 2 aliphatic heterocycles. The molecule has 20 nitrogen and oxygen atoms in total. The topological polar surface area (TPSA) is 298 Å². The Kier molecular flexibility index (Phi) is 10.9. The first-order valence-electron chi connectivity index (χ1n) is 13.0. The van der Waals surface area contributed by atoms with Gasteiger partial charge in [0.1, 0.15) is 42.4 Å². The van der Waals surface area contributed by atoms with Crippen molar-refractivity contribution in [3.63, 3.8) is 0 Å². The van der Waals surface area contributed by atoms with Crippen molar-refractivity contribution in [1.82, 2.24) is 19.5 Å². The van der Waals surface area contributed by atoms with Crippen LogP contribution in [-0.4, -0.2) is 112 Å². The Hall–Kier alpha value is -2.16. The highest BCUT2D eigenvalue weighted by Gasteiger charge is 2.48. The van der Waals surface area contributed by atoms with Crippen LogP contribution in [0.5, 0.6) is 0 Å². The molecule has 2 aromatic rings. The third kappa shape index (κ3) is 8.12. The Morgan fingerprint density at radius 1 is 0.977 bits per heavy atom. The molecule has 8 N–H and O–H groups in total. The zero-order chi connectivity index (χ0) is 31.5. The van der Waals surface area contributed by atoms with Crippen LogP contribution in [0.4, 0.5) is 5.82 Å². The molecule has 0 aliphatic carbocycles. The Morgan fingerprint density at radius 3 is 2.28 bits per heavy atom. The highest BCUT2D eigenvalue weighted by atomic mass is 31.3. The minimum Gasteiger partial charge on any atom is -0.454 e. The van der Waals surface area contributed by atoms with Gasteiger partial charge in [0, 0.05) is 6.42 Å². The van der Waals surface area contributed by atoms with Crippen LogP contribution in [0.3, 0.4) is 0 Å². The van der Waals surface area contributed by atoms with E-state index >= 15 is 0 Å². The van der Waals surface area contributed by atoms with Crippen molar-refractivity contribution in [3.8, 4) is 0 Å². The van der Waals surface area contributed by atoms with E-state index in [2.05, 4.69) is 28.3 Å². The first kappa shape index (κ1) is 33.7. The average Bonchev–Trinajstić information content (AvgIpc) is 3.57. The predicted octanol–water partition coefficient (Wildman–Crippen LogP) is -1.15. The van der Waals surface area contributed by atoms with Crippen LogP contribution in [-0.2, 0) is 41.5 Å². The predicted molar refractivity (Wildman–Crippen MR) is 139 cm³/mol. The van der Waals surface area contributed by atoms with Gasteiger partial charge in [-0.1, -0.05) is 19.8 Å². The number of phosphoric acid groups is 2. The molecule has 0 saturated carbocycles. The Balaban J connectivity index is 1.27. The molecular formula is C21H33N5O15P2. The number of ether oxygens (including phenoxy) is 3. The molecule has 0 radical (unpaired) electrons. The number of aromatic nitrogens is 4. The second-order valence-corrected chi connectivity index (χ2v) is 12.8. The Labute approximate surface area is 243 Å². The summed E-state index contributed by atoms with van der Waals surface area (Å²) in [4.78, 5) is 43.7. The van der Waals surface area contributed by atoms with Gasteiger partial charge in [0.15, 0.2) is 30.1 Å². The standard InChI is InChI=1S/C21H33N5O15P2/c1-2-3-4-5-12(27)40-17-15(29)11(39-21(17)31)7-37-43(34,35)41-42(32,33)36-6-10-14(28)16(30)20(38-10)26-9-25-13-18(22)23-8-24-19(13)26/h8-11,14-17,20-21,28-31H,2-7H2,1H3,(H,32,33)(H,34,35)(H2,22,23,24)/t10-,11-,14-,15-,16-,17-,20-,21?/m1/s1. The number of aliphatic hydroxyl groups is 4. The summed E-state index contributed by atoms with van der Waals surface area (Å²) in [6.45, 7) is 0.113. The van der Waals surface area contributed by atoms with Gasteiger partial charge in [-0.25, -0.2) is 24.1 Å². The van der Waals surface area contributed by atoms with Crippen LogP contribution < -0.4 is 5.73 Å². The van der Waals surface area contributed by atoms with Crippen molar-refractivity contribution >= 4 is 38.6 Å². The monoisotopic (exact) mass is 657 g/mol. The third-order valence-electron chi connectivity index (χ3n) is 6.57. The van der Waals surface area contributed by atoms with Crippen LogP contribution in [0, 0.1) is 0 Å². The van der Waals surface area contributed by atoms with Crippen LogP contribution in [0.1, 0.15) is 38.8 Å². The van der Waals surface area contributed by atoms with Crippen LogP contribution in [0.25, 0.3) is 11.2 Å². The molecular weight excluding hydrogens is 624 g/mol. The number of aliphatic hydroxyl groups excluding tert-OH is 4. The molecule has 242 valence electrons. The van der Waals surface area contributed by atoms with Crippen molar-refractivity contribution in [2.24, 2.45) is 0 Å². The van der Waals surface area contributed by atoms with Gasteiger partial charge in [0.25, 0.3) is 0 Å². The summed E-state index contributed by atoms with van der Waals surface area (Å²) in [6, 6.07) is 0. The fourth-order valence-electron chi connectivity index (χ4n) is 4.38. The molecule has 0 bridgehead atoms. The number of rotatable bonds is 14. The van der Waals surface area contributed by atoms with Crippen LogP contribution in [0.2, 0.25) is 0 Å². The van der Waals surface area contributed by atoms with Gasteiger partial charge in [0.2, 0.25) is 0 Å². The summed E-state index contributed by atoms with van der Waals surface area (Å²) in [6.07, 6.45) is -7.78. The number of anilines is 1. The Bertz CT molecular complexity index is 1370. The minimum absolute atomic E-state index is 0.0451. The van der Waals surface area contributed by atoms with Crippen molar-refractivity contribution in [1.29, 1.82) is 0 Å². The van der Waals surface area contributed by atoms with Gasteiger partial charge in [-0.3, -0.25) is 18.4 Å². The maximum Gasteiger partial charge on any atom is 0.481 e. The van der Waals surface area contributed by atoms with Gasteiger partial charge in [-0.05, 0) is 6.42 Å². The number of fused-ring (bicyclic) bond motifs is 1. The van der Waals surface area contributed by atoms with Crippen molar-refractivity contribution in [3.05, 3.63) is 12.7 Å². The van der Waals surface area contributed by atoms with Gasteiger partial charge >= 0.3 is 21.6 Å². The van der Waals surface area contributed by atoms with E-state index < -0.39 is 84.0 Å². The number of carbonyl (C=O) groups is 1. The van der Waals surface area contributed by atoms with E-state index in [-0.39, 0.29) is 23.4 Å². The van der Waals surface area contributed by atoms with Crippen molar-refractivity contribution in [2.75, 3.05) is 18.9 Å². The number of nitrogen functional groups attached to an aromatic ring is 1. The summed E-state index contributed by atoms with van der Waals surface area (Å²) in [7, 11) is -10.7. The summed E-state index contributed by atoms with van der Waals surface area (Å²) < 4.78 is 55.0. The lowest BCUT2D eigenvalue weighted by atomic mass is 10.1. The van der Waals surface area contributed by atoms with Gasteiger partial charge < -0.3 is 50.2 Å². The molecule has 2 aromatic heterocycles. The maximum absolute atomic E-state index is 12.4. The number of esters is 1. The van der Waals surface area contributed by atoms with E-state index in [1.165, 1.54) is 10.9 Å².